The number of hydrogen-bond acceptors (Lipinski definition) is 2. The van der Waals surface area contributed by atoms with Crippen LogP contribution in [0.25, 0.3) is 11.0 Å². The number of benzene rings is 1. The molecule has 0 aliphatic carbocycles. The van der Waals surface area contributed by atoms with Gasteiger partial charge in [-0.15, -0.1) is 0 Å². The first-order valence-corrected chi connectivity index (χ1v) is 5.27. The number of aliphatic hydroxyl groups is 1. The molecule has 1 aromatic carbocycles. The highest BCUT2D eigenvalue weighted by Gasteiger charge is 2.05. The lowest BCUT2D eigenvalue weighted by Gasteiger charge is -1.98. The Morgan fingerprint density at radius 3 is 2.87 bits per heavy atom. The van der Waals surface area contributed by atoms with Gasteiger partial charge in [0.05, 0.1) is 17.6 Å². The normalized spacial score (nSPS) is 11.5. The zero-order valence-electron chi connectivity index (χ0n) is 9.12. The van der Waals surface area contributed by atoms with Gasteiger partial charge in [0, 0.05) is 6.42 Å². The molecular weight excluding hydrogens is 188 g/mol. The maximum Gasteiger partial charge on any atom is 0.107 e. The number of fused-ring (bicyclic) bond motifs is 1. The first-order valence-electron chi connectivity index (χ1n) is 5.27. The van der Waals surface area contributed by atoms with E-state index in [1.807, 2.05) is 18.2 Å². The van der Waals surface area contributed by atoms with Crippen LogP contribution in [0, 0.1) is 5.92 Å². The number of nitrogens with zero attached hydrogens (tertiary/aromatic N) is 1. The highest BCUT2D eigenvalue weighted by atomic mass is 16.3. The monoisotopic (exact) mass is 204 g/mol. The van der Waals surface area contributed by atoms with E-state index in [4.69, 9.17) is 5.11 Å². The topological polar surface area (TPSA) is 48.9 Å². The van der Waals surface area contributed by atoms with Gasteiger partial charge in [0.15, 0.2) is 0 Å². The largest absolute Gasteiger partial charge is 0.392 e. The average molecular weight is 204 g/mol. The van der Waals surface area contributed by atoms with Crippen LogP contribution < -0.4 is 0 Å². The molecule has 0 aliphatic rings. The Morgan fingerprint density at radius 1 is 1.40 bits per heavy atom. The number of aliphatic hydroxyl groups excluding tert-OH is 1. The highest BCUT2D eigenvalue weighted by molar-refractivity contribution is 5.75. The van der Waals surface area contributed by atoms with Crippen LogP contribution in [0.5, 0.6) is 0 Å². The van der Waals surface area contributed by atoms with Gasteiger partial charge in [0.25, 0.3) is 0 Å². The highest BCUT2D eigenvalue weighted by Crippen LogP contribution is 2.15. The second-order valence-electron chi connectivity index (χ2n) is 4.29. The van der Waals surface area contributed by atoms with E-state index in [1.54, 1.807) is 0 Å². The van der Waals surface area contributed by atoms with Crippen molar-refractivity contribution in [2.45, 2.75) is 26.9 Å². The Kier molecular flexibility index (Phi) is 2.73. The van der Waals surface area contributed by atoms with Crippen LogP contribution in [0.2, 0.25) is 0 Å². The number of nitrogens with one attached hydrogen (secondary N) is 1. The van der Waals surface area contributed by atoms with Crippen LogP contribution in [0.15, 0.2) is 18.2 Å². The van der Waals surface area contributed by atoms with Crippen molar-refractivity contribution in [3.05, 3.63) is 29.6 Å². The molecule has 1 aromatic heterocycles. The molecule has 15 heavy (non-hydrogen) atoms. The van der Waals surface area contributed by atoms with Crippen LogP contribution >= 0.6 is 0 Å². The number of H-pyrrole nitrogens is 1. The van der Waals surface area contributed by atoms with E-state index in [2.05, 4.69) is 23.8 Å². The molecule has 0 spiro atoms. The van der Waals surface area contributed by atoms with Gasteiger partial charge in [0.2, 0.25) is 0 Å². The maximum atomic E-state index is 9.01. The summed E-state index contributed by atoms with van der Waals surface area (Å²) in [6.45, 7) is 4.42. The molecule has 2 aromatic rings. The van der Waals surface area contributed by atoms with E-state index in [1.165, 1.54) is 0 Å². The van der Waals surface area contributed by atoms with E-state index < -0.39 is 0 Å². The third kappa shape index (κ3) is 2.18. The Labute approximate surface area is 89.2 Å². The first kappa shape index (κ1) is 10.2. The van der Waals surface area contributed by atoms with E-state index in [0.717, 1.165) is 28.8 Å². The Balaban J connectivity index is 2.37. The van der Waals surface area contributed by atoms with Gasteiger partial charge in [-0.25, -0.2) is 4.98 Å². The molecule has 0 bridgehead atoms. The zero-order chi connectivity index (χ0) is 10.8. The summed E-state index contributed by atoms with van der Waals surface area (Å²) in [5.74, 6) is 1.62. The van der Waals surface area contributed by atoms with Crippen molar-refractivity contribution in [2.24, 2.45) is 5.92 Å². The van der Waals surface area contributed by atoms with Crippen molar-refractivity contribution in [1.82, 2.24) is 9.97 Å². The van der Waals surface area contributed by atoms with Crippen LogP contribution in [-0.2, 0) is 13.0 Å². The summed E-state index contributed by atoms with van der Waals surface area (Å²) in [5.41, 5.74) is 2.89. The van der Waals surface area contributed by atoms with Gasteiger partial charge >= 0.3 is 0 Å². The number of hydrogen-bond donors (Lipinski definition) is 2. The fourth-order valence-electron chi connectivity index (χ4n) is 1.69. The number of rotatable bonds is 3. The van der Waals surface area contributed by atoms with Gasteiger partial charge < -0.3 is 10.1 Å². The molecule has 2 N–H and O–H groups in total. The molecule has 0 atom stereocenters. The van der Waals surface area contributed by atoms with Gasteiger partial charge in [-0.3, -0.25) is 0 Å². The quantitative estimate of drug-likeness (QED) is 0.805. The fourth-order valence-corrected chi connectivity index (χ4v) is 1.69. The summed E-state index contributed by atoms with van der Waals surface area (Å²) in [6, 6.07) is 5.81. The second kappa shape index (κ2) is 4.03. The van der Waals surface area contributed by atoms with Crippen LogP contribution in [0.3, 0.4) is 0 Å². The van der Waals surface area contributed by atoms with Crippen LogP contribution in [0.1, 0.15) is 25.2 Å². The molecule has 0 saturated carbocycles. The standard InChI is InChI=1S/C12H16N2O/c1-8(2)5-12-13-10-4-3-9(7-15)6-11(10)14-12/h3-4,6,8,15H,5,7H2,1-2H3,(H,13,14). The minimum Gasteiger partial charge on any atom is -0.392 e. The molecule has 1 heterocycles. The third-order valence-corrected chi connectivity index (χ3v) is 2.38. The van der Waals surface area contributed by atoms with Crippen molar-refractivity contribution >= 4 is 11.0 Å². The summed E-state index contributed by atoms with van der Waals surface area (Å²) in [5, 5.41) is 9.01. The van der Waals surface area contributed by atoms with E-state index >= 15 is 0 Å². The molecule has 80 valence electrons. The molecule has 0 fully saturated rings. The minimum atomic E-state index is 0.0717. The van der Waals surface area contributed by atoms with Crippen LogP contribution in [0.4, 0.5) is 0 Å². The van der Waals surface area contributed by atoms with E-state index in [9.17, 15) is 0 Å². The zero-order valence-corrected chi connectivity index (χ0v) is 9.12. The number of aromatic amines is 1. The molecule has 2 rings (SSSR count). The van der Waals surface area contributed by atoms with Gasteiger partial charge in [-0.2, -0.15) is 0 Å². The lowest BCUT2D eigenvalue weighted by molar-refractivity contribution is 0.282. The van der Waals surface area contributed by atoms with E-state index in [-0.39, 0.29) is 6.61 Å². The molecule has 0 unspecified atom stereocenters. The average Bonchev–Trinajstić information content (AvgIpc) is 2.57. The summed E-state index contributed by atoms with van der Waals surface area (Å²) in [4.78, 5) is 7.78. The smallest absolute Gasteiger partial charge is 0.107 e. The maximum absolute atomic E-state index is 9.01. The molecule has 0 amide bonds. The number of aromatic nitrogens is 2. The summed E-state index contributed by atoms with van der Waals surface area (Å²) < 4.78 is 0. The molecule has 3 nitrogen and oxygen atoms in total. The lowest BCUT2D eigenvalue weighted by atomic mass is 10.1. The first-order chi connectivity index (χ1) is 7.19. The fraction of sp³-hybridized carbons (Fsp3) is 0.417. The molecule has 0 aliphatic heterocycles. The molecule has 3 heteroatoms. The Hall–Kier alpha value is -1.35. The molecule has 0 radical (unpaired) electrons. The molecule has 0 saturated heterocycles. The van der Waals surface area contributed by atoms with Crippen molar-refractivity contribution in [2.75, 3.05) is 0 Å². The predicted octanol–water partition coefficient (Wildman–Crippen LogP) is 2.25. The summed E-state index contributed by atoms with van der Waals surface area (Å²) in [7, 11) is 0. The van der Waals surface area contributed by atoms with Crippen molar-refractivity contribution < 1.29 is 5.11 Å². The van der Waals surface area contributed by atoms with Crippen molar-refractivity contribution in [3.8, 4) is 0 Å². The Morgan fingerprint density at radius 2 is 2.20 bits per heavy atom. The SMILES string of the molecule is CC(C)Cc1nc2cc(CO)ccc2[nH]1. The lowest BCUT2D eigenvalue weighted by Crippen LogP contribution is -1.95. The van der Waals surface area contributed by atoms with E-state index in [0.29, 0.717) is 5.92 Å². The van der Waals surface area contributed by atoms with Crippen molar-refractivity contribution in [3.63, 3.8) is 0 Å². The number of imidazole rings is 1. The second-order valence-corrected chi connectivity index (χ2v) is 4.29. The Bertz CT molecular complexity index is 460. The van der Waals surface area contributed by atoms with Gasteiger partial charge in [-0.1, -0.05) is 19.9 Å². The summed E-state index contributed by atoms with van der Waals surface area (Å²) in [6.07, 6.45) is 0.961. The van der Waals surface area contributed by atoms with Gasteiger partial charge in [-0.05, 0) is 23.6 Å². The molecular formula is C12H16N2O. The van der Waals surface area contributed by atoms with Crippen molar-refractivity contribution in [1.29, 1.82) is 0 Å². The predicted molar refractivity (Wildman–Crippen MR) is 60.6 cm³/mol. The van der Waals surface area contributed by atoms with Crippen LogP contribution in [-0.4, -0.2) is 15.1 Å². The van der Waals surface area contributed by atoms with Gasteiger partial charge in [0.1, 0.15) is 5.82 Å². The minimum absolute atomic E-state index is 0.0717. The third-order valence-electron chi connectivity index (χ3n) is 2.38. The summed E-state index contributed by atoms with van der Waals surface area (Å²) >= 11 is 0.